The molecule has 1 heterocycles. The van der Waals surface area contributed by atoms with Gasteiger partial charge in [-0.15, -0.1) is 0 Å². The third-order valence-corrected chi connectivity index (χ3v) is 3.19. The van der Waals surface area contributed by atoms with E-state index in [1.807, 2.05) is 31.9 Å². The highest BCUT2D eigenvalue weighted by Crippen LogP contribution is 2.23. The van der Waals surface area contributed by atoms with Gasteiger partial charge in [-0.3, -0.25) is 9.97 Å². The van der Waals surface area contributed by atoms with Crippen LogP contribution in [0.15, 0.2) is 36.8 Å². The molecule has 5 heteroatoms. The summed E-state index contributed by atoms with van der Waals surface area (Å²) in [5, 5.41) is 3.14. The molecule has 1 N–H and O–H groups in total. The lowest BCUT2D eigenvalue weighted by atomic mass is 10.2. The van der Waals surface area contributed by atoms with Gasteiger partial charge >= 0.3 is 0 Å². The molecule has 1 aromatic carbocycles. The van der Waals surface area contributed by atoms with Crippen LogP contribution in [0.4, 0.5) is 15.8 Å². The molecule has 0 bridgehead atoms. The summed E-state index contributed by atoms with van der Waals surface area (Å²) in [5.41, 5.74) is 2.15. The third-order valence-electron chi connectivity index (χ3n) is 3.19. The van der Waals surface area contributed by atoms with Crippen molar-refractivity contribution in [2.75, 3.05) is 17.3 Å². The predicted octanol–water partition coefficient (Wildman–Crippen LogP) is 3.07. The predicted molar refractivity (Wildman–Crippen MR) is 79.3 cm³/mol. The maximum atomic E-state index is 14.1. The third kappa shape index (κ3) is 3.44. The molecule has 0 fully saturated rings. The highest BCUT2D eigenvalue weighted by Gasteiger charge is 2.10. The van der Waals surface area contributed by atoms with E-state index in [4.69, 9.17) is 0 Å². The van der Waals surface area contributed by atoms with Gasteiger partial charge in [0, 0.05) is 31.2 Å². The van der Waals surface area contributed by atoms with Gasteiger partial charge in [-0.1, -0.05) is 0 Å². The summed E-state index contributed by atoms with van der Waals surface area (Å²) in [4.78, 5) is 10.1. The van der Waals surface area contributed by atoms with Crippen LogP contribution in [0.3, 0.4) is 0 Å². The Balaban J connectivity index is 2.06. The van der Waals surface area contributed by atoms with Gasteiger partial charge < -0.3 is 10.2 Å². The first-order chi connectivity index (χ1) is 9.58. The van der Waals surface area contributed by atoms with E-state index in [2.05, 4.69) is 15.3 Å². The zero-order valence-electron chi connectivity index (χ0n) is 12.0. The van der Waals surface area contributed by atoms with E-state index in [-0.39, 0.29) is 11.9 Å². The molecule has 0 amide bonds. The Morgan fingerprint density at radius 3 is 2.70 bits per heavy atom. The lowest BCUT2D eigenvalue weighted by Gasteiger charge is -2.24. The Morgan fingerprint density at radius 2 is 2.10 bits per heavy atom. The summed E-state index contributed by atoms with van der Waals surface area (Å²) in [6, 6.07) is 5.41. The van der Waals surface area contributed by atoms with E-state index in [1.165, 1.54) is 6.07 Å². The number of benzene rings is 1. The van der Waals surface area contributed by atoms with Crippen LogP contribution in [0, 0.1) is 5.82 Å². The van der Waals surface area contributed by atoms with Crippen LogP contribution < -0.4 is 10.2 Å². The van der Waals surface area contributed by atoms with E-state index < -0.39 is 0 Å². The molecule has 2 aromatic rings. The van der Waals surface area contributed by atoms with Crippen molar-refractivity contribution < 1.29 is 4.39 Å². The molecule has 0 aliphatic heterocycles. The molecule has 0 aliphatic carbocycles. The lowest BCUT2D eigenvalue weighted by Crippen LogP contribution is -2.26. The number of hydrogen-bond acceptors (Lipinski definition) is 4. The van der Waals surface area contributed by atoms with Gasteiger partial charge in [-0.05, 0) is 32.0 Å². The zero-order chi connectivity index (χ0) is 14.5. The molecular weight excluding hydrogens is 255 g/mol. The standard InChI is InChI=1S/C15H19FN4/c1-11(2)20(3)15-5-4-12(8-14(15)16)19-10-13-9-17-6-7-18-13/h4-9,11,19H,10H2,1-3H3. The molecule has 20 heavy (non-hydrogen) atoms. The fourth-order valence-electron chi connectivity index (χ4n) is 1.79. The van der Waals surface area contributed by atoms with Crippen molar-refractivity contribution in [3.05, 3.63) is 48.3 Å². The van der Waals surface area contributed by atoms with Crippen molar-refractivity contribution >= 4 is 11.4 Å². The number of anilines is 2. The number of rotatable bonds is 5. The molecule has 0 aliphatic rings. The molecular formula is C15H19FN4. The lowest BCUT2D eigenvalue weighted by molar-refractivity contribution is 0.614. The first kappa shape index (κ1) is 14.2. The largest absolute Gasteiger partial charge is 0.379 e. The van der Waals surface area contributed by atoms with Gasteiger partial charge in [0.1, 0.15) is 5.82 Å². The van der Waals surface area contributed by atoms with Crippen molar-refractivity contribution in [2.45, 2.75) is 26.4 Å². The highest BCUT2D eigenvalue weighted by atomic mass is 19.1. The van der Waals surface area contributed by atoms with E-state index >= 15 is 0 Å². The van der Waals surface area contributed by atoms with Gasteiger partial charge in [-0.25, -0.2) is 4.39 Å². The van der Waals surface area contributed by atoms with Crippen LogP contribution in [0.25, 0.3) is 0 Å². The molecule has 0 saturated carbocycles. The minimum atomic E-state index is -0.231. The molecule has 1 aromatic heterocycles. The zero-order valence-corrected chi connectivity index (χ0v) is 12.0. The molecule has 0 saturated heterocycles. The minimum absolute atomic E-state index is 0.231. The van der Waals surface area contributed by atoms with Crippen molar-refractivity contribution in [1.82, 2.24) is 9.97 Å². The van der Waals surface area contributed by atoms with Crippen LogP contribution in [0.1, 0.15) is 19.5 Å². The van der Waals surface area contributed by atoms with Crippen molar-refractivity contribution in [1.29, 1.82) is 0 Å². The summed E-state index contributed by atoms with van der Waals surface area (Å²) >= 11 is 0. The second-order valence-electron chi connectivity index (χ2n) is 4.92. The number of nitrogens with zero attached hydrogens (tertiary/aromatic N) is 3. The number of halogens is 1. The maximum absolute atomic E-state index is 14.1. The van der Waals surface area contributed by atoms with Crippen LogP contribution in [-0.4, -0.2) is 23.1 Å². The second-order valence-corrected chi connectivity index (χ2v) is 4.92. The van der Waals surface area contributed by atoms with Crippen LogP contribution in [0.5, 0.6) is 0 Å². The van der Waals surface area contributed by atoms with Crippen molar-refractivity contribution in [3.8, 4) is 0 Å². The summed E-state index contributed by atoms with van der Waals surface area (Å²) in [6.07, 6.45) is 4.95. The molecule has 2 rings (SSSR count). The average molecular weight is 274 g/mol. The number of nitrogens with one attached hydrogen (secondary N) is 1. The fourth-order valence-corrected chi connectivity index (χ4v) is 1.79. The van der Waals surface area contributed by atoms with E-state index in [0.717, 1.165) is 11.4 Å². The van der Waals surface area contributed by atoms with Crippen LogP contribution >= 0.6 is 0 Å². The molecule has 106 valence electrons. The molecule has 0 unspecified atom stereocenters. The highest BCUT2D eigenvalue weighted by molar-refractivity contribution is 5.56. The van der Waals surface area contributed by atoms with Gasteiger partial charge in [0.15, 0.2) is 0 Å². The van der Waals surface area contributed by atoms with Gasteiger partial charge in [0.05, 0.1) is 24.1 Å². The normalized spacial score (nSPS) is 10.7. The minimum Gasteiger partial charge on any atom is -0.379 e. The van der Waals surface area contributed by atoms with E-state index in [1.54, 1.807) is 24.7 Å². The van der Waals surface area contributed by atoms with E-state index in [9.17, 15) is 4.39 Å². The monoisotopic (exact) mass is 274 g/mol. The Kier molecular flexibility index (Phi) is 4.50. The summed E-state index contributed by atoms with van der Waals surface area (Å²) in [7, 11) is 1.88. The Morgan fingerprint density at radius 1 is 1.30 bits per heavy atom. The number of hydrogen-bond donors (Lipinski definition) is 1. The molecule has 4 nitrogen and oxygen atoms in total. The van der Waals surface area contributed by atoms with E-state index in [0.29, 0.717) is 12.2 Å². The van der Waals surface area contributed by atoms with Gasteiger partial charge in [-0.2, -0.15) is 0 Å². The SMILES string of the molecule is CC(C)N(C)c1ccc(NCc2cnccn2)cc1F. The smallest absolute Gasteiger partial charge is 0.148 e. The number of aromatic nitrogens is 2. The van der Waals surface area contributed by atoms with Gasteiger partial charge in [0.2, 0.25) is 0 Å². The summed E-state index contributed by atoms with van der Waals surface area (Å²) in [5.74, 6) is -0.231. The Hall–Kier alpha value is -2.17. The van der Waals surface area contributed by atoms with Crippen LogP contribution in [-0.2, 0) is 6.54 Å². The van der Waals surface area contributed by atoms with Crippen molar-refractivity contribution in [3.63, 3.8) is 0 Å². The first-order valence-electron chi connectivity index (χ1n) is 6.59. The fraction of sp³-hybridized carbons (Fsp3) is 0.333. The average Bonchev–Trinajstić information content (AvgIpc) is 2.45. The van der Waals surface area contributed by atoms with Crippen LogP contribution in [0.2, 0.25) is 0 Å². The Labute approximate surface area is 118 Å². The topological polar surface area (TPSA) is 41.0 Å². The van der Waals surface area contributed by atoms with Crippen molar-refractivity contribution in [2.24, 2.45) is 0 Å². The molecule has 0 atom stereocenters. The summed E-state index contributed by atoms with van der Waals surface area (Å²) < 4.78 is 14.1. The Bertz CT molecular complexity index is 557. The summed E-state index contributed by atoms with van der Waals surface area (Å²) in [6.45, 7) is 4.58. The molecule has 0 spiro atoms. The van der Waals surface area contributed by atoms with Gasteiger partial charge in [0.25, 0.3) is 0 Å². The maximum Gasteiger partial charge on any atom is 0.148 e. The first-order valence-corrected chi connectivity index (χ1v) is 6.59. The molecule has 0 radical (unpaired) electrons. The quantitative estimate of drug-likeness (QED) is 0.909. The second kappa shape index (κ2) is 6.32.